The predicted octanol–water partition coefficient (Wildman–Crippen LogP) is -5.71. The van der Waals surface area contributed by atoms with Crippen molar-refractivity contribution in [3.8, 4) is 11.1 Å². The summed E-state index contributed by atoms with van der Waals surface area (Å²) in [5.74, 6) is -0.759. The third-order valence-electron chi connectivity index (χ3n) is 5.24. The summed E-state index contributed by atoms with van der Waals surface area (Å²) < 4.78 is 70.4. The number of nitrogens with one attached hydrogen (secondary N) is 1. The van der Waals surface area contributed by atoms with Crippen LogP contribution in [0.15, 0.2) is 82.6 Å². The molecule has 0 radical (unpaired) electrons. The van der Waals surface area contributed by atoms with E-state index >= 15 is 0 Å². The van der Waals surface area contributed by atoms with Crippen molar-refractivity contribution < 1.29 is 124 Å². The van der Waals surface area contributed by atoms with Crippen LogP contribution in [-0.2, 0) is 20.2 Å². The van der Waals surface area contributed by atoms with Crippen LogP contribution >= 0.6 is 0 Å². The van der Waals surface area contributed by atoms with Crippen LogP contribution in [0.5, 0.6) is 0 Å². The number of anilines is 1. The molecule has 0 saturated heterocycles. The SMILES string of the molecule is O=C(Nc1ccc(S(=O)(=O)[O-])c2c[c-]cc(S(=O)(=O)[O-])c12)c1ccc(-c2ccccc2[N+](=O)[O-])cc1.[Na+].[Na+].[Na+]. The van der Waals surface area contributed by atoms with Gasteiger partial charge in [0.05, 0.1) is 20.6 Å². The Morgan fingerprint density at radius 3 is 1.95 bits per heavy atom. The van der Waals surface area contributed by atoms with Crippen LogP contribution < -0.4 is 94.0 Å². The fraction of sp³-hybridized carbons (Fsp3) is 0. The predicted molar refractivity (Wildman–Crippen MR) is 125 cm³/mol. The second kappa shape index (κ2) is 14.1. The van der Waals surface area contributed by atoms with E-state index in [1.165, 1.54) is 36.4 Å². The molecular formula is C23H13N2Na3O9S2. The summed E-state index contributed by atoms with van der Waals surface area (Å²) in [6.07, 6.45) is 0. The van der Waals surface area contributed by atoms with E-state index in [0.29, 0.717) is 11.1 Å². The molecule has 4 aromatic carbocycles. The van der Waals surface area contributed by atoms with Crippen LogP contribution in [0.4, 0.5) is 11.4 Å². The van der Waals surface area contributed by atoms with E-state index in [0.717, 1.165) is 24.3 Å². The number of amides is 1. The Kier molecular flexibility index (Phi) is 13.0. The maximum Gasteiger partial charge on any atom is 1.00 e. The number of para-hydroxylation sites is 1. The molecule has 4 aromatic rings. The van der Waals surface area contributed by atoms with Crippen molar-refractivity contribution in [1.82, 2.24) is 0 Å². The first-order chi connectivity index (χ1) is 16.9. The van der Waals surface area contributed by atoms with E-state index in [-0.39, 0.29) is 106 Å². The molecule has 0 aliphatic heterocycles. The summed E-state index contributed by atoms with van der Waals surface area (Å²) >= 11 is 0. The Morgan fingerprint density at radius 2 is 1.38 bits per heavy atom. The largest absolute Gasteiger partial charge is 1.00 e. The number of benzene rings is 4. The Bertz CT molecular complexity index is 1760. The van der Waals surface area contributed by atoms with Gasteiger partial charge in [-0.1, -0.05) is 35.7 Å². The molecule has 0 spiro atoms. The first-order valence-electron chi connectivity index (χ1n) is 9.92. The number of rotatable bonds is 6. The van der Waals surface area contributed by atoms with E-state index in [1.54, 1.807) is 12.1 Å². The van der Waals surface area contributed by atoms with Crippen LogP contribution in [0.25, 0.3) is 21.9 Å². The Hall–Kier alpha value is -1.17. The second-order valence-corrected chi connectivity index (χ2v) is 10.1. The van der Waals surface area contributed by atoms with Gasteiger partial charge >= 0.3 is 88.7 Å². The number of hydrogen-bond donors (Lipinski definition) is 1. The average Bonchev–Trinajstić information content (AvgIpc) is 2.82. The molecule has 0 aromatic heterocycles. The molecule has 0 atom stereocenters. The molecular weight excluding hydrogens is 581 g/mol. The molecule has 1 N–H and O–H groups in total. The molecule has 0 fully saturated rings. The molecule has 11 nitrogen and oxygen atoms in total. The van der Waals surface area contributed by atoms with E-state index < -0.39 is 51.6 Å². The van der Waals surface area contributed by atoms with Crippen LogP contribution in [0, 0.1) is 16.2 Å². The van der Waals surface area contributed by atoms with Gasteiger partial charge in [-0.2, -0.15) is 18.2 Å². The van der Waals surface area contributed by atoms with E-state index in [4.69, 9.17) is 0 Å². The maximum absolute atomic E-state index is 12.9. The number of nitro groups is 1. The summed E-state index contributed by atoms with van der Waals surface area (Å²) in [6.45, 7) is 0. The summed E-state index contributed by atoms with van der Waals surface area (Å²) in [7, 11) is -10.2. The fourth-order valence-corrected chi connectivity index (χ4v) is 5.02. The Balaban J connectivity index is 0.00000253. The molecule has 0 saturated carbocycles. The third kappa shape index (κ3) is 7.98. The molecule has 184 valence electrons. The molecule has 1 amide bonds. The van der Waals surface area contributed by atoms with E-state index in [9.17, 15) is 40.8 Å². The van der Waals surface area contributed by atoms with Crippen LogP contribution in [0.2, 0.25) is 0 Å². The van der Waals surface area contributed by atoms with Crippen molar-refractivity contribution in [3.63, 3.8) is 0 Å². The van der Waals surface area contributed by atoms with Gasteiger partial charge in [-0.3, -0.25) is 23.3 Å². The van der Waals surface area contributed by atoms with E-state index in [2.05, 4.69) is 11.4 Å². The zero-order chi connectivity index (χ0) is 26.3. The monoisotopic (exact) mass is 594 g/mol. The van der Waals surface area contributed by atoms with Gasteiger partial charge in [-0.15, -0.1) is 5.39 Å². The van der Waals surface area contributed by atoms with Gasteiger partial charge in [0.25, 0.3) is 11.6 Å². The minimum absolute atomic E-state index is 0. The quantitative estimate of drug-likeness (QED) is 0.0747. The normalized spacial score (nSPS) is 10.9. The van der Waals surface area contributed by atoms with Gasteiger partial charge in [-0.05, 0) is 34.7 Å². The average molecular weight is 594 g/mol. The molecule has 39 heavy (non-hydrogen) atoms. The molecule has 4 rings (SSSR count). The van der Waals surface area contributed by atoms with Crippen molar-refractivity contribution in [2.24, 2.45) is 0 Å². The van der Waals surface area contributed by atoms with E-state index in [1.807, 2.05) is 0 Å². The standard InChI is InChI=1S/C23H15N2O9S2.3Na/c26-23(15-10-8-14(9-11-15)16-4-1-2-6-19(16)25(27)28)24-18-12-13-20(35(29,30)31)17-5-3-7-21(22(17)18)36(32,33)34;;;/h1-2,4-13H,(H,24,26)(H,29,30,31)(H,32,33,34);;;/q-1;3*+1/p-2. The summed E-state index contributed by atoms with van der Waals surface area (Å²) in [5.41, 5.74) is 0.507. The van der Waals surface area contributed by atoms with Crippen LogP contribution in [-0.4, -0.2) is 36.8 Å². The Labute approximate surface area is 289 Å². The molecule has 0 bridgehead atoms. The summed E-state index contributed by atoms with van der Waals surface area (Å²) in [4.78, 5) is 22.0. The van der Waals surface area contributed by atoms with Crippen molar-refractivity contribution >= 4 is 48.3 Å². The maximum atomic E-state index is 12.9. The topological polar surface area (TPSA) is 187 Å². The number of nitro benzene ring substituents is 1. The first-order valence-corrected chi connectivity index (χ1v) is 12.7. The van der Waals surface area contributed by atoms with Crippen molar-refractivity contribution in [2.75, 3.05) is 5.32 Å². The molecule has 0 heterocycles. The number of carbonyl (C=O) groups excluding carboxylic acids is 1. The van der Waals surface area contributed by atoms with Crippen molar-refractivity contribution in [1.29, 1.82) is 0 Å². The number of fused-ring (bicyclic) bond motifs is 1. The van der Waals surface area contributed by atoms with Gasteiger partial charge in [0, 0.05) is 22.2 Å². The van der Waals surface area contributed by atoms with Crippen molar-refractivity contribution in [2.45, 2.75) is 9.79 Å². The molecule has 0 unspecified atom stereocenters. The second-order valence-electron chi connectivity index (χ2n) is 7.43. The minimum Gasteiger partial charge on any atom is -0.754 e. The number of nitrogens with zero attached hydrogens (tertiary/aromatic N) is 1. The Morgan fingerprint density at radius 1 is 0.795 bits per heavy atom. The van der Waals surface area contributed by atoms with Crippen LogP contribution in [0.3, 0.4) is 0 Å². The minimum atomic E-state index is -5.15. The summed E-state index contributed by atoms with van der Waals surface area (Å²) in [5, 5.41) is 12.9. The van der Waals surface area contributed by atoms with Crippen LogP contribution in [0.1, 0.15) is 10.4 Å². The molecule has 0 aliphatic rings. The van der Waals surface area contributed by atoms with Gasteiger partial charge in [-0.25, -0.2) is 8.42 Å². The number of hydrogen-bond acceptors (Lipinski definition) is 9. The smallest absolute Gasteiger partial charge is 0.754 e. The van der Waals surface area contributed by atoms with Gasteiger partial charge in [0.1, 0.15) is 10.1 Å². The molecule has 0 aliphatic carbocycles. The van der Waals surface area contributed by atoms with Crippen molar-refractivity contribution in [3.05, 3.63) is 94.5 Å². The zero-order valence-corrected chi connectivity index (χ0v) is 28.5. The first kappa shape index (κ1) is 35.9. The summed E-state index contributed by atoms with van der Waals surface area (Å²) in [6, 6.07) is 17.8. The number of carbonyl (C=O) groups is 1. The molecule has 16 heteroatoms. The van der Waals surface area contributed by atoms with Gasteiger partial charge in [0.2, 0.25) is 0 Å². The zero-order valence-electron chi connectivity index (χ0n) is 20.9. The third-order valence-corrected chi connectivity index (χ3v) is 7.00. The fourth-order valence-electron chi connectivity index (χ4n) is 3.67. The van der Waals surface area contributed by atoms with Gasteiger partial charge < -0.3 is 14.4 Å². The van der Waals surface area contributed by atoms with Gasteiger partial charge in [0.15, 0.2) is 0 Å².